The van der Waals surface area contributed by atoms with E-state index < -0.39 is 0 Å². The molecule has 2 aromatic carbocycles. The first-order valence-corrected chi connectivity index (χ1v) is 7.37. The molecule has 0 spiro atoms. The van der Waals surface area contributed by atoms with Crippen LogP contribution in [0, 0.1) is 6.92 Å². The minimum absolute atomic E-state index is 0.895. The summed E-state index contributed by atoms with van der Waals surface area (Å²) in [6.07, 6.45) is 0.895. The van der Waals surface area contributed by atoms with E-state index in [4.69, 9.17) is 4.42 Å². The predicted molar refractivity (Wildman–Crippen MR) is 88.1 cm³/mol. The summed E-state index contributed by atoms with van der Waals surface area (Å²) in [5.74, 6) is 1.98. The van der Waals surface area contributed by atoms with Gasteiger partial charge in [-0.05, 0) is 24.6 Å². The van der Waals surface area contributed by atoms with Gasteiger partial charge in [0.15, 0.2) is 0 Å². The molecule has 0 aliphatic rings. The summed E-state index contributed by atoms with van der Waals surface area (Å²) in [7, 11) is 0. The van der Waals surface area contributed by atoms with Gasteiger partial charge in [-0.1, -0.05) is 55.5 Å². The van der Waals surface area contributed by atoms with Crippen molar-refractivity contribution in [2.24, 2.45) is 0 Å². The summed E-state index contributed by atoms with van der Waals surface area (Å²) in [4.78, 5) is 0. The monoisotopic (exact) mass is 275 g/mol. The van der Waals surface area contributed by atoms with Crippen molar-refractivity contribution >= 4 is 0 Å². The predicted octanol–water partition coefficient (Wildman–Crippen LogP) is 5.77. The highest BCUT2D eigenvalue weighted by atomic mass is 16.3. The molecule has 1 heteroatoms. The summed E-state index contributed by atoms with van der Waals surface area (Å²) in [5.41, 5.74) is 4.82. The Morgan fingerprint density at radius 1 is 0.810 bits per heavy atom. The van der Waals surface area contributed by atoms with Crippen molar-refractivity contribution < 1.29 is 4.42 Å². The van der Waals surface area contributed by atoms with Crippen LogP contribution in [0.1, 0.15) is 18.2 Å². The molecule has 3 aromatic rings. The molecule has 1 aromatic heterocycles. The normalized spacial score (nSPS) is 10.6. The van der Waals surface area contributed by atoms with Crippen LogP contribution < -0.4 is 0 Å². The SMILES string of the molecule is CCc1[o+]c(-c2ccccc2)cc(-c2ccccc2)c1C. The van der Waals surface area contributed by atoms with E-state index in [0.717, 1.165) is 23.5 Å². The summed E-state index contributed by atoms with van der Waals surface area (Å²) in [6, 6.07) is 22.9. The molecular formula is C20H19O+. The van der Waals surface area contributed by atoms with Crippen LogP contribution in [0.2, 0.25) is 0 Å². The molecule has 0 unspecified atom stereocenters. The Morgan fingerprint density at radius 3 is 1.95 bits per heavy atom. The van der Waals surface area contributed by atoms with Crippen LogP contribution in [0.4, 0.5) is 0 Å². The molecule has 0 aliphatic carbocycles. The van der Waals surface area contributed by atoms with E-state index in [1.54, 1.807) is 0 Å². The zero-order chi connectivity index (χ0) is 14.7. The van der Waals surface area contributed by atoms with Crippen LogP contribution in [0.5, 0.6) is 0 Å². The second-order valence-electron chi connectivity index (χ2n) is 5.16. The smallest absolute Gasteiger partial charge is 0.212 e. The lowest BCUT2D eigenvalue weighted by atomic mass is 9.98. The topological polar surface area (TPSA) is 11.3 Å². The fourth-order valence-corrected chi connectivity index (χ4v) is 2.63. The maximum absolute atomic E-state index is 6.11. The Hall–Kier alpha value is -2.41. The second-order valence-corrected chi connectivity index (χ2v) is 5.16. The lowest BCUT2D eigenvalue weighted by molar-refractivity contribution is 0.508. The first kappa shape index (κ1) is 13.6. The zero-order valence-electron chi connectivity index (χ0n) is 12.5. The van der Waals surface area contributed by atoms with Crippen molar-refractivity contribution in [2.45, 2.75) is 20.3 Å². The third-order valence-corrected chi connectivity index (χ3v) is 3.80. The first-order chi connectivity index (χ1) is 10.3. The number of benzene rings is 2. The number of hydrogen-bond acceptors (Lipinski definition) is 0. The second kappa shape index (κ2) is 5.92. The molecule has 0 amide bonds. The zero-order valence-corrected chi connectivity index (χ0v) is 12.5. The molecule has 0 saturated heterocycles. The van der Waals surface area contributed by atoms with Crippen molar-refractivity contribution in [3.63, 3.8) is 0 Å². The van der Waals surface area contributed by atoms with E-state index in [9.17, 15) is 0 Å². The lowest BCUT2D eigenvalue weighted by Crippen LogP contribution is -1.93. The van der Waals surface area contributed by atoms with Crippen LogP contribution in [-0.4, -0.2) is 0 Å². The summed E-state index contributed by atoms with van der Waals surface area (Å²) in [6.45, 7) is 4.27. The fourth-order valence-electron chi connectivity index (χ4n) is 2.63. The number of rotatable bonds is 3. The van der Waals surface area contributed by atoms with Gasteiger partial charge in [-0.2, -0.15) is 0 Å². The first-order valence-electron chi connectivity index (χ1n) is 7.37. The molecule has 1 heterocycles. The summed E-state index contributed by atoms with van der Waals surface area (Å²) >= 11 is 0. The lowest BCUT2D eigenvalue weighted by Gasteiger charge is -2.05. The molecular weight excluding hydrogens is 256 g/mol. The van der Waals surface area contributed by atoms with Gasteiger partial charge in [-0.25, -0.2) is 4.42 Å². The van der Waals surface area contributed by atoms with Gasteiger partial charge in [0.25, 0.3) is 0 Å². The number of hydrogen-bond donors (Lipinski definition) is 0. The Bertz CT molecular complexity index is 731. The van der Waals surface area contributed by atoms with Crippen molar-refractivity contribution in [1.82, 2.24) is 0 Å². The fraction of sp³-hybridized carbons (Fsp3) is 0.150. The average molecular weight is 275 g/mol. The van der Waals surface area contributed by atoms with Crippen molar-refractivity contribution in [1.29, 1.82) is 0 Å². The molecule has 0 N–H and O–H groups in total. The minimum Gasteiger partial charge on any atom is -0.212 e. The van der Waals surface area contributed by atoms with Gasteiger partial charge in [0.1, 0.15) is 0 Å². The van der Waals surface area contributed by atoms with Crippen LogP contribution >= 0.6 is 0 Å². The molecule has 21 heavy (non-hydrogen) atoms. The Balaban J connectivity index is 2.21. The van der Waals surface area contributed by atoms with Crippen LogP contribution in [-0.2, 0) is 6.42 Å². The highest BCUT2D eigenvalue weighted by molar-refractivity contribution is 5.72. The molecule has 3 rings (SSSR count). The van der Waals surface area contributed by atoms with Crippen molar-refractivity contribution in [3.8, 4) is 22.5 Å². The largest absolute Gasteiger partial charge is 0.360 e. The van der Waals surface area contributed by atoms with Gasteiger partial charge in [0.2, 0.25) is 0 Å². The van der Waals surface area contributed by atoms with Crippen molar-refractivity contribution in [2.75, 3.05) is 0 Å². The quantitative estimate of drug-likeness (QED) is 0.553. The summed E-state index contributed by atoms with van der Waals surface area (Å²) < 4.78 is 6.11. The molecule has 0 saturated carbocycles. The van der Waals surface area contributed by atoms with Gasteiger partial charge >= 0.3 is 11.5 Å². The standard InChI is InChI=1S/C20H19O/c1-3-19-15(2)18(16-10-6-4-7-11-16)14-20(21-19)17-12-8-5-9-13-17/h4-14H,3H2,1-2H3/q+1. The Morgan fingerprint density at radius 2 is 1.38 bits per heavy atom. The third kappa shape index (κ3) is 2.73. The maximum Gasteiger partial charge on any atom is 0.360 e. The van der Waals surface area contributed by atoms with Gasteiger partial charge in [0, 0.05) is 5.56 Å². The van der Waals surface area contributed by atoms with E-state index in [-0.39, 0.29) is 0 Å². The van der Waals surface area contributed by atoms with E-state index in [2.05, 4.69) is 56.3 Å². The Labute approximate surface area is 125 Å². The van der Waals surface area contributed by atoms with E-state index in [1.807, 2.05) is 24.3 Å². The summed E-state index contributed by atoms with van der Waals surface area (Å²) in [5, 5.41) is 0. The van der Waals surface area contributed by atoms with Crippen LogP contribution in [0.15, 0.2) is 71.1 Å². The van der Waals surface area contributed by atoms with Crippen LogP contribution in [0.25, 0.3) is 22.5 Å². The molecule has 0 atom stereocenters. The van der Waals surface area contributed by atoms with E-state index in [1.165, 1.54) is 16.7 Å². The van der Waals surface area contributed by atoms with E-state index in [0.29, 0.717) is 0 Å². The molecule has 104 valence electrons. The molecule has 0 radical (unpaired) electrons. The van der Waals surface area contributed by atoms with Gasteiger partial charge in [-0.15, -0.1) is 0 Å². The minimum atomic E-state index is 0.895. The Kier molecular flexibility index (Phi) is 3.83. The molecule has 1 nitrogen and oxygen atoms in total. The molecule has 0 aliphatic heterocycles. The highest BCUT2D eigenvalue weighted by Gasteiger charge is 2.21. The van der Waals surface area contributed by atoms with Gasteiger partial charge < -0.3 is 0 Å². The average Bonchev–Trinajstić information content (AvgIpc) is 2.56. The van der Waals surface area contributed by atoms with Gasteiger partial charge in [0.05, 0.1) is 23.6 Å². The number of aryl methyl sites for hydroxylation is 1. The maximum atomic E-state index is 6.11. The molecule has 0 fully saturated rings. The van der Waals surface area contributed by atoms with E-state index >= 15 is 0 Å². The highest BCUT2D eigenvalue weighted by Crippen LogP contribution is 2.32. The van der Waals surface area contributed by atoms with Crippen molar-refractivity contribution in [3.05, 3.63) is 78.1 Å². The molecule has 0 bridgehead atoms. The van der Waals surface area contributed by atoms with Gasteiger partial charge in [-0.3, -0.25) is 0 Å². The third-order valence-electron chi connectivity index (χ3n) is 3.80. The van der Waals surface area contributed by atoms with Crippen LogP contribution in [0.3, 0.4) is 0 Å².